The van der Waals surface area contributed by atoms with Gasteiger partial charge in [0.1, 0.15) is 0 Å². The van der Waals surface area contributed by atoms with E-state index in [1.54, 1.807) is 0 Å². The first-order valence-electron chi connectivity index (χ1n) is 5.98. The van der Waals surface area contributed by atoms with E-state index in [9.17, 15) is 5.11 Å². The molecule has 2 unspecified atom stereocenters. The van der Waals surface area contributed by atoms with Crippen LogP contribution in [0.1, 0.15) is 43.2 Å². The lowest BCUT2D eigenvalue weighted by Crippen LogP contribution is -2.22. The summed E-state index contributed by atoms with van der Waals surface area (Å²) < 4.78 is 0. The standard InChI is InChI=1S/C15H18O/c1-2-3-11-15(16)14-10-6-8-12-7-4-5-9-13(12)14/h4-5,7,9,14-16H,6,8,10-11H2,1H3. The highest BCUT2D eigenvalue weighted by Crippen LogP contribution is 2.34. The monoisotopic (exact) mass is 214 g/mol. The van der Waals surface area contributed by atoms with Gasteiger partial charge in [-0.25, -0.2) is 0 Å². The van der Waals surface area contributed by atoms with Gasteiger partial charge in [0.2, 0.25) is 0 Å². The van der Waals surface area contributed by atoms with Crippen LogP contribution in [0.2, 0.25) is 0 Å². The molecule has 0 spiro atoms. The third kappa shape index (κ3) is 2.28. The van der Waals surface area contributed by atoms with Gasteiger partial charge in [-0.15, -0.1) is 11.8 Å². The Hall–Kier alpha value is -1.26. The summed E-state index contributed by atoms with van der Waals surface area (Å²) in [6.45, 7) is 1.82. The summed E-state index contributed by atoms with van der Waals surface area (Å²) in [7, 11) is 0. The van der Waals surface area contributed by atoms with E-state index in [1.807, 2.05) is 6.92 Å². The van der Waals surface area contributed by atoms with E-state index >= 15 is 0 Å². The van der Waals surface area contributed by atoms with E-state index in [0.29, 0.717) is 6.42 Å². The zero-order valence-electron chi connectivity index (χ0n) is 9.74. The molecule has 2 atom stereocenters. The van der Waals surface area contributed by atoms with Crippen LogP contribution in [0.4, 0.5) is 0 Å². The van der Waals surface area contributed by atoms with Crippen molar-refractivity contribution in [3.05, 3.63) is 35.4 Å². The molecule has 1 nitrogen and oxygen atoms in total. The smallest absolute Gasteiger partial charge is 0.0717 e. The fourth-order valence-corrected chi connectivity index (χ4v) is 2.54. The van der Waals surface area contributed by atoms with E-state index in [4.69, 9.17) is 0 Å². The summed E-state index contributed by atoms with van der Waals surface area (Å²) >= 11 is 0. The van der Waals surface area contributed by atoms with Gasteiger partial charge < -0.3 is 5.11 Å². The van der Waals surface area contributed by atoms with Gasteiger partial charge in [0.05, 0.1) is 6.10 Å². The predicted molar refractivity (Wildman–Crippen MR) is 66.2 cm³/mol. The van der Waals surface area contributed by atoms with Crippen LogP contribution in [0.3, 0.4) is 0 Å². The van der Waals surface area contributed by atoms with Crippen LogP contribution in [-0.4, -0.2) is 11.2 Å². The number of benzene rings is 1. The van der Waals surface area contributed by atoms with Crippen molar-refractivity contribution < 1.29 is 5.11 Å². The van der Waals surface area contributed by atoms with Crippen LogP contribution >= 0.6 is 0 Å². The number of rotatable bonds is 2. The van der Waals surface area contributed by atoms with Crippen molar-refractivity contribution >= 4 is 0 Å². The predicted octanol–water partition coefficient (Wildman–Crippen LogP) is 2.88. The Morgan fingerprint density at radius 2 is 2.25 bits per heavy atom. The lowest BCUT2D eigenvalue weighted by molar-refractivity contribution is 0.139. The van der Waals surface area contributed by atoms with E-state index in [1.165, 1.54) is 17.5 Å². The summed E-state index contributed by atoms with van der Waals surface area (Å²) in [6.07, 6.45) is 3.70. The Bertz CT molecular complexity index is 411. The van der Waals surface area contributed by atoms with Gasteiger partial charge in [0, 0.05) is 12.3 Å². The molecule has 1 aliphatic carbocycles. The number of hydrogen-bond acceptors (Lipinski definition) is 1. The van der Waals surface area contributed by atoms with Crippen LogP contribution in [0, 0.1) is 11.8 Å². The van der Waals surface area contributed by atoms with Gasteiger partial charge in [-0.1, -0.05) is 24.3 Å². The Balaban J connectivity index is 2.20. The van der Waals surface area contributed by atoms with Gasteiger partial charge in [-0.2, -0.15) is 0 Å². The third-order valence-corrected chi connectivity index (χ3v) is 3.37. The van der Waals surface area contributed by atoms with E-state index < -0.39 is 0 Å². The molecule has 1 N–H and O–H groups in total. The number of fused-ring (bicyclic) bond motifs is 1. The van der Waals surface area contributed by atoms with Crippen LogP contribution in [0.5, 0.6) is 0 Å². The zero-order chi connectivity index (χ0) is 11.4. The Labute approximate surface area is 97.5 Å². The maximum absolute atomic E-state index is 10.1. The van der Waals surface area contributed by atoms with Crippen LogP contribution in [-0.2, 0) is 6.42 Å². The molecule has 0 saturated heterocycles. The van der Waals surface area contributed by atoms with Crippen molar-refractivity contribution in [2.24, 2.45) is 0 Å². The topological polar surface area (TPSA) is 20.2 Å². The molecule has 0 fully saturated rings. The second-order valence-electron chi connectivity index (χ2n) is 4.40. The average molecular weight is 214 g/mol. The van der Waals surface area contributed by atoms with Gasteiger partial charge in [0.15, 0.2) is 0 Å². The maximum Gasteiger partial charge on any atom is 0.0717 e. The molecule has 1 aliphatic rings. The second kappa shape index (κ2) is 5.18. The lowest BCUT2D eigenvalue weighted by Gasteiger charge is -2.28. The molecule has 2 rings (SSSR count). The molecule has 0 aromatic heterocycles. The molecule has 1 aromatic rings. The Morgan fingerprint density at radius 1 is 1.44 bits per heavy atom. The lowest BCUT2D eigenvalue weighted by atomic mass is 9.79. The van der Waals surface area contributed by atoms with Crippen molar-refractivity contribution in [3.63, 3.8) is 0 Å². The molecule has 0 amide bonds. The fraction of sp³-hybridized carbons (Fsp3) is 0.467. The second-order valence-corrected chi connectivity index (χ2v) is 4.40. The van der Waals surface area contributed by atoms with E-state index in [-0.39, 0.29) is 12.0 Å². The molecule has 0 bridgehead atoms. The van der Waals surface area contributed by atoms with Crippen LogP contribution in [0.25, 0.3) is 0 Å². The fourth-order valence-electron chi connectivity index (χ4n) is 2.54. The molecule has 84 valence electrons. The number of aliphatic hydroxyl groups excluding tert-OH is 1. The number of aryl methyl sites for hydroxylation is 1. The van der Waals surface area contributed by atoms with Gasteiger partial charge in [-0.05, 0) is 37.3 Å². The molecule has 0 aliphatic heterocycles. The summed E-state index contributed by atoms with van der Waals surface area (Å²) in [6, 6.07) is 8.48. The summed E-state index contributed by atoms with van der Waals surface area (Å²) in [4.78, 5) is 0. The molecule has 16 heavy (non-hydrogen) atoms. The number of hydrogen-bond donors (Lipinski definition) is 1. The van der Waals surface area contributed by atoms with Gasteiger partial charge in [-0.3, -0.25) is 0 Å². The molecular weight excluding hydrogens is 196 g/mol. The van der Waals surface area contributed by atoms with Crippen molar-refractivity contribution in [2.75, 3.05) is 0 Å². The number of aliphatic hydroxyl groups is 1. The minimum absolute atomic E-state index is 0.283. The van der Waals surface area contributed by atoms with E-state index in [2.05, 4.69) is 36.1 Å². The summed E-state index contributed by atoms with van der Waals surface area (Å²) in [5.41, 5.74) is 2.74. The molecule has 0 heterocycles. The van der Waals surface area contributed by atoms with E-state index in [0.717, 1.165) is 12.8 Å². The quantitative estimate of drug-likeness (QED) is 0.750. The first-order chi connectivity index (χ1) is 7.83. The van der Waals surface area contributed by atoms with Crippen LogP contribution in [0.15, 0.2) is 24.3 Å². The van der Waals surface area contributed by atoms with Gasteiger partial charge in [0.25, 0.3) is 0 Å². The van der Waals surface area contributed by atoms with Crippen molar-refractivity contribution in [3.8, 4) is 11.8 Å². The van der Waals surface area contributed by atoms with Crippen molar-refractivity contribution in [1.29, 1.82) is 0 Å². The van der Waals surface area contributed by atoms with Crippen molar-refractivity contribution in [2.45, 2.75) is 44.6 Å². The highest BCUT2D eigenvalue weighted by atomic mass is 16.3. The highest BCUT2D eigenvalue weighted by Gasteiger charge is 2.25. The third-order valence-electron chi connectivity index (χ3n) is 3.37. The maximum atomic E-state index is 10.1. The molecular formula is C15H18O. The minimum atomic E-state index is -0.311. The largest absolute Gasteiger partial charge is 0.391 e. The highest BCUT2D eigenvalue weighted by molar-refractivity contribution is 5.33. The Kier molecular flexibility index (Phi) is 3.64. The SMILES string of the molecule is CC#CCC(O)C1CCCc2ccccc21. The molecule has 0 saturated carbocycles. The average Bonchev–Trinajstić information content (AvgIpc) is 2.35. The first-order valence-corrected chi connectivity index (χ1v) is 5.98. The minimum Gasteiger partial charge on any atom is -0.391 e. The summed E-state index contributed by atoms with van der Waals surface area (Å²) in [5.74, 6) is 6.11. The van der Waals surface area contributed by atoms with Crippen LogP contribution < -0.4 is 0 Å². The summed E-state index contributed by atoms with van der Waals surface area (Å²) in [5, 5.41) is 10.1. The zero-order valence-corrected chi connectivity index (χ0v) is 9.74. The van der Waals surface area contributed by atoms with Gasteiger partial charge >= 0.3 is 0 Å². The molecule has 1 heteroatoms. The molecule has 1 aromatic carbocycles. The molecule has 0 radical (unpaired) electrons. The normalized spacial score (nSPS) is 20.5. The first kappa shape index (κ1) is 11.2. The van der Waals surface area contributed by atoms with Crippen molar-refractivity contribution in [1.82, 2.24) is 0 Å². The Morgan fingerprint density at radius 3 is 3.06 bits per heavy atom.